The summed E-state index contributed by atoms with van der Waals surface area (Å²) in [5.41, 5.74) is 0.0412. The molecule has 0 heterocycles. The molecule has 0 aromatic carbocycles. The van der Waals surface area contributed by atoms with Gasteiger partial charge >= 0.3 is 0 Å². The van der Waals surface area contributed by atoms with Gasteiger partial charge in [0.05, 0.1) is 0 Å². The van der Waals surface area contributed by atoms with Gasteiger partial charge in [-0.15, -0.1) is 0 Å². The summed E-state index contributed by atoms with van der Waals surface area (Å²) in [6.07, 6.45) is 0.658. The normalized spacial score (nSPS) is 13.0. The van der Waals surface area contributed by atoms with Crippen LogP contribution in [0.5, 0.6) is 0 Å². The molecule has 58 valence electrons. The first-order valence-corrected chi connectivity index (χ1v) is 3.13. The Kier molecular flexibility index (Phi) is 3.06. The van der Waals surface area contributed by atoms with Gasteiger partial charge in [0, 0.05) is 0 Å². The molecule has 0 aromatic heterocycles. The van der Waals surface area contributed by atoms with Gasteiger partial charge in [0.15, 0.2) is 6.29 Å². The third-order valence-electron chi connectivity index (χ3n) is 0.634. The fraction of sp³-hybridized carbons (Fsp3) is 0.714. The highest BCUT2D eigenvalue weighted by Gasteiger charge is 2.09. The first kappa shape index (κ1) is 9.14. The molecule has 0 spiro atoms. The molecule has 0 N–H and O–H groups in total. The summed E-state index contributed by atoms with van der Waals surface area (Å²) in [6, 6.07) is 0. The summed E-state index contributed by atoms with van der Waals surface area (Å²) in [4.78, 5) is 14.9. The van der Waals surface area contributed by atoms with Crippen molar-refractivity contribution >= 4 is 12.0 Å². The molecule has 0 fully saturated rings. The minimum Gasteiger partial charge on any atom is -0.390 e. The third kappa shape index (κ3) is 5.28. The molecule has 0 aliphatic carbocycles. The van der Waals surface area contributed by atoms with Crippen molar-refractivity contribution in [1.29, 1.82) is 0 Å². The molecular weight excluding hydrogens is 130 g/mol. The van der Waals surface area contributed by atoms with E-state index in [1.165, 1.54) is 0 Å². The average Bonchev–Trinajstić information content (AvgIpc) is 1.81. The van der Waals surface area contributed by atoms with Crippen LogP contribution >= 0.6 is 0 Å². The number of nitrogens with zero attached hydrogens (tertiary/aromatic N) is 1. The minimum absolute atomic E-state index is 0.315. The Labute approximate surface area is 61.1 Å². The number of carbonyl (C=O) groups is 1. The first-order chi connectivity index (χ1) is 4.45. The summed E-state index contributed by atoms with van der Waals surface area (Å²) in [5.74, 6) is 0. The van der Waals surface area contributed by atoms with Crippen LogP contribution in [0.2, 0.25) is 0 Å². The molecular formula is C7H13NO2. The molecule has 0 radical (unpaired) electrons. The Balaban J connectivity index is 3.84. The predicted octanol–water partition coefficient (Wildman–Crippen LogP) is 1.38. The number of aldehydes is 1. The molecule has 0 saturated carbocycles. The van der Waals surface area contributed by atoms with Crippen molar-refractivity contribution in [1.82, 2.24) is 0 Å². The van der Waals surface area contributed by atoms with Crippen molar-refractivity contribution < 1.29 is 9.63 Å². The van der Waals surface area contributed by atoms with Crippen LogP contribution < -0.4 is 0 Å². The van der Waals surface area contributed by atoms with Crippen molar-refractivity contribution in [3.05, 3.63) is 0 Å². The van der Waals surface area contributed by atoms with Crippen LogP contribution in [0, 0.1) is 0 Å². The lowest BCUT2D eigenvalue weighted by Crippen LogP contribution is -2.16. The van der Waals surface area contributed by atoms with E-state index in [0.717, 1.165) is 0 Å². The fourth-order valence-corrected chi connectivity index (χ4v) is 0.230. The van der Waals surface area contributed by atoms with Crippen molar-refractivity contribution in [2.45, 2.75) is 33.3 Å². The van der Waals surface area contributed by atoms with Gasteiger partial charge in [-0.05, 0) is 27.7 Å². The summed E-state index contributed by atoms with van der Waals surface area (Å²) >= 11 is 0. The fourth-order valence-electron chi connectivity index (χ4n) is 0.230. The standard InChI is InChI=1S/C7H13NO2/c1-6(5-9)8-10-7(2,3)4/h5H,1-4H3. The second-order valence-corrected chi connectivity index (χ2v) is 3.05. The summed E-state index contributed by atoms with van der Waals surface area (Å²) in [6.45, 7) is 7.20. The molecule has 3 nitrogen and oxygen atoms in total. The van der Waals surface area contributed by atoms with Gasteiger partial charge in [0.2, 0.25) is 0 Å². The van der Waals surface area contributed by atoms with E-state index >= 15 is 0 Å². The molecule has 0 atom stereocenters. The predicted molar refractivity (Wildman–Crippen MR) is 40.0 cm³/mol. The molecule has 10 heavy (non-hydrogen) atoms. The zero-order chi connectivity index (χ0) is 8.20. The largest absolute Gasteiger partial charge is 0.390 e. The monoisotopic (exact) mass is 143 g/mol. The second-order valence-electron chi connectivity index (χ2n) is 3.05. The van der Waals surface area contributed by atoms with Crippen LogP contribution in [0.25, 0.3) is 0 Å². The van der Waals surface area contributed by atoms with Crippen LogP contribution in [-0.4, -0.2) is 17.6 Å². The first-order valence-electron chi connectivity index (χ1n) is 3.13. The molecule has 0 saturated heterocycles. The van der Waals surface area contributed by atoms with Crippen LogP contribution in [0.4, 0.5) is 0 Å². The Morgan fingerprint density at radius 2 is 2.00 bits per heavy atom. The molecule has 0 bridgehead atoms. The SMILES string of the molecule is CC(C=O)=NOC(C)(C)C. The maximum absolute atomic E-state index is 10.0. The van der Waals surface area contributed by atoms with E-state index in [2.05, 4.69) is 5.16 Å². The van der Waals surface area contributed by atoms with E-state index in [1.54, 1.807) is 6.92 Å². The van der Waals surface area contributed by atoms with Gasteiger partial charge in [-0.3, -0.25) is 4.79 Å². The minimum atomic E-state index is -0.315. The van der Waals surface area contributed by atoms with E-state index in [0.29, 0.717) is 12.0 Å². The highest BCUT2D eigenvalue weighted by molar-refractivity contribution is 6.26. The lowest BCUT2D eigenvalue weighted by molar-refractivity contribution is -0.103. The lowest BCUT2D eigenvalue weighted by atomic mass is 10.2. The zero-order valence-corrected chi connectivity index (χ0v) is 6.84. The highest BCUT2D eigenvalue weighted by atomic mass is 16.6. The van der Waals surface area contributed by atoms with Crippen LogP contribution in [0.15, 0.2) is 5.16 Å². The van der Waals surface area contributed by atoms with Gasteiger partial charge in [-0.25, -0.2) is 0 Å². The van der Waals surface area contributed by atoms with Gasteiger partial charge in [-0.1, -0.05) is 5.16 Å². The van der Waals surface area contributed by atoms with E-state index in [4.69, 9.17) is 4.84 Å². The molecule has 0 aliphatic heterocycles. The van der Waals surface area contributed by atoms with Gasteiger partial charge in [-0.2, -0.15) is 0 Å². The molecule has 0 unspecified atom stereocenters. The third-order valence-corrected chi connectivity index (χ3v) is 0.634. The van der Waals surface area contributed by atoms with Crippen molar-refractivity contribution in [3.8, 4) is 0 Å². The number of carbonyl (C=O) groups excluding carboxylic acids is 1. The van der Waals surface area contributed by atoms with Crippen molar-refractivity contribution in [2.24, 2.45) is 5.16 Å². The van der Waals surface area contributed by atoms with Crippen LogP contribution in [0.3, 0.4) is 0 Å². The van der Waals surface area contributed by atoms with Gasteiger partial charge < -0.3 is 4.84 Å². The van der Waals surface area contributed by atoms with Crippen LogP contribution in [-0.2, 0) is 9.63 Å². The van der Waals surface area contributed by atoms with E-state index in [9.17, 15) is 4.79 Å². The van der Waals surface area contributed by atoms with Gasteiger partial charge in [0.1, 0.15) is 11.3 Å². The Morgan fingerprint density at radius 1 is 1.50 bits per heavy atom. The lowest BCUT2D eigenvalue weighted by Gasteiger charge is -2.14. The topological polar surface area (TPSA) is 38.7 Å². The highest BCUT2D eigenvalue weighted by Crippen LogP contribution is 2.06. The maximum Gasteiger partial charge on any atom is 0.167 e. The van der Waals surface area contributed by atoms with Crippen molar-refractivity contribution in [3.63, 3.8) is 0 Å². The molecule has 0 rings (SSSR count). The van der Waals surface area contributed by atoms with E-state index < -0.39 is 0 Å². The zero-order valence-electron chi connectivity index (χ0n) is 6.84. The molecule has 0 amide bonds. The Morgan fingerprint density at radius 3 is 2.30 bits per heavy atom. The second kappa shape index (κ2) is 3.34. The molecule has 3 heteroatoms. The van der Waals surface area contributed by atoms with Crippen LogP contribution in [0.1, 0.15) is 27.7 Å². The van der Waals surface area contributed by atoms with Crippen molar-refractivity contribution in [2.75, 3.05) is 0 Å². The smallest absolute Gasteiger partial charge is 0.167 e. The van der Waals surface area contributed by atoms with Gasteiger partial charge in [0.25, 0.3) is 0 Å². The molecule has 0 aromatic rings. The Bertz CT molecular complexity index is 144. The Hall–Kier alpha value is -0.860. The summed E-state index contributed by atoms with van der Waals surface area (Å²) in [5, 5.41) is 3.56. The maximum atomic E-state index is 10.0. The number of rotatable bonds is 2. The number of hydrogen-bond acceptors (Lipinski definition) is 3. The van der Waals surface area contributed by atoms with E-state index in [1.807, 2.05) is 20.8 Å². The van der Waals surface area contributed by atoms with E-state index in [-0.39, 0.29) is 5.60 Å². The summed E-state index contributed by atoms with van der Waals surface area (Å²) in [7, 11) is 0. The average molecular weight is 143 g/mol. The number of hydrogen-bond donors (Lipinski definition) is 0. The molecule has 0 aliphatic rings. The summed E-state index contributed by atoms with van der Waals surface area (Å²) < 4.78 is 0. The number of oxime groups is 1. The quantitative estimate of drug-likeness (QED) is 0.333.